The van der Waals surface area contributed by atoms with Crippen molar-refractivity contribution in [3.63, 3.8) is 0 Å². The molecule has 0 bridgehead atoms. The molecule has 124 valence electrons. The quantitative estimate of drug-likeness (QED) is 0.905. The number of aromatic nitrogens is 3. The molecule has 1 unspecified atom stereocenters. The van der Waals surface area contributed by atoms with Gasteiger partial charge in [0.1, 0.15) is 12.9 Å². The standard InChI is InChI=1S/C17H19N5O2/c1-11-9-24-15-4-13(7-20-16(15)21-11)17(23)22-3-2-12(8-22)14-5-18-10-19-6-14/h4-7,10-12H,2-3,8-9H2,1H3,(H,20,21)/t11-,12?/m0/s1. The molecule has 1 N–H and O–H groups in total. The number of likely N-dealkylation sites (tertiary alicyclic amines) is 1. The van der Waals surface area contributed by atoms with Crippen molar-refractivity contribution in [2.24, 2.45) is 0 Å². The van der Waals surface area contributed by atoms with Gasteiger partial charge in [-0.25, -0.2) is 15.0 Å². The maximum atomic E-state index is 12.8. The van der Waals surface area contributed by atoms with Crippen LogP contribution in [0.4, 0.5) is 5.82 Å². The lowest BCUT2D eigenvalue weighted by atomic mass is 10.0. The molecule has 1 saturated heterocycles. The van der Waals surface area contributed by atoms with E-state index in [4.69, 9.17) is 4.74 Å². The molecule has 0 saturated carbocycles. The van der Waals surface area contributed by atoms with E-state index in [0.717, 1.165) is 18.5 Å². The van der Waals surface area contributed by atoms with Gasteiger partial charge in [-0.1, -0.05) is 0 Å². The molecule has 7 nitrogen and oxygen atoms in total. The lowest BCUT2D eigenvalue weighted by molar-refractivity contribution is 0.0790. The van der Waals surface area contributed by atoms with Gasteiger partial charge in [0.05, 0.1) is 11.6 Å². The van der Waals surface area contributed by atoms with Crippen molar-refractivity contribution < 1.29 is 9.53 Å². The smallest absolute Gasteiger partial charge is 0.255 e. The predicted octanol–water partition coefficient (Wildman–Crippen LogP) is 1.69. The first-order valence-corrected chi connectivity index (χ1v) is 8.14. The SMILES string of the molecule is C[C@H]1COc2cc(C(=O)N3CCC(c4cncnc4)C3)cnc2N1. The maximum absolute atomic E-state index is 12.8. The zero-order valence-electron chi connectivity index (χ0n) is 13.5. The predicted molar refractivity (Wildman–Crippen MR) is 88.1 cm³/mol. The molecule has 2 aromatic rings. The van der Waals surface area contributed by atoms with Crippen LogP contribution in [0.25, 0.3) is 0 Å². The number of carbonyl (C=O) groups excluding carboxylic acids is 1. The summed E-state index contributed by atoms with van der Waals surface area (Å²) in [7, 11) is 0. The van der Waals surface area contributed by atoms with Gasteiger partial charge in [0.25, 0.3) is 5.91 Å². The van der Waals surface area contributed by atoms with Gasteiger partial charge in [0, 0.05) is 37.6 Å². The van der Waals surface area contributed by atoms with Crippen LogP contribution >= 0.6 is 0 Å². The maximum Gasteiger partial charge on any atom is 0.255 e. The highest BCUT2D eigenvalue weighted by molar-refractivity contribution is 5.95. The summed E-state index contributed by atoms with van der Waals surface area (Å²) in [4.78, 5) is 27.1. The Morgan fingerprint density at radius 1 is 1.33 bits per heavy atom. The second kappa shape index (κ2) is 6.07. The van der Waals surface area contributed by atoms with E-state index in [0.29, 0.717) is 36.2 Å². The Morgan fingerprint density at radius 3 is 3.00 bits per heavy atom. The Balaban J connectivity index is 1.49. The van der Waals surface area contributed by atoms with Crippen molar-refractivity contribution in [3.05, 3.63) is 42.1 Å². The molecule has 4 rings (SSSR count). The molecule has 0 spiro atoms. The van der Waals surface area contributed by atoms with E-state index < -0.39 is 0 Å². The van der Waals surface area contributed by atoms with E-state index in [1.165, 1.54) is 6.33 Å². The van der Waals surface area contributed by atoms with Gasteiger partial charge in [0.2, 0.25) is 0 Å². The average molecular weight is 325 g/mol. The summed E-state index contributed by atoms with van der Waals surface area (Å²) >= 11 is 0. The van der Waals surface area contributed by atoms with Crippen LogP contribution in [0.15, 0.2) is 31.0 Å². The van der Waals surface area contributed by atoms with Crippen LogP contribution in [-0.2, 0) is 0 Å². The topological polar surface area (TPSA) is 80.2 Å². The first kappa shape index (κ1) is 14.9. The second-order valence-corrected chi connectivity index (χ2v) is 6.34. The van der Waals surface area contributed by atoms with E-state index in [9.17, 15) is 4.79 Å². The van der Waals surface area contributed by atoms with E-state index in [1.54, 1.807) is 12.3 Å². The summed E-state index contributed by atoms with van der Waals surface area (Å²) in [5, 5.41) is 3.25. The lowest BCUT2D eigenvalue weighted by Crippen LogP contribution is -2.31. The minimum atomic E-state index is -0.00753. The number of hydrogen-bond donors (Lipinski definition) is 1. The van der Waals surface area contributed by atoms with Gasteiger partial charge in [-0.3, -0.25) is 4.79 Å². The molecule has 7 heteroatoms. The van der Waals surface area contributed by atoms with Gasteiger partial charge in [-0.05, 0) is 25.0 Å². The lowest BCUT2D eigenvalue weighted by Gasteiger charge is -2.24. The molecule has 2 aliphatic heterocycles. The molecule has 2 atom stereocenters. The third-order valence-corrected chi connectivity index (χ3v) is 4.50. The summed E-state index contributed by atoms with van der Waals surface area (Å²) < 4.78 is 5.67. The van der Waals surface area contributed by atoms with Crippen LogP contribution in [-0.4, -0.2) is 51.5 Å². The third-order valence-electron chi connectivity index (χ3n) is 4.50. The summed E-state index contributed by atoms with van der Waals surface area (Å²) in [6.45, 7) is 4.01. The van der Waals surface area contributed by atoms with E-state index in [1.807, 2.05) is 24.2 Å². The Kier molecular flexibility index (Phi) is 3.76. The van der Waals surface area contributed by atoms with Crippen LogP contribution in [0.3, 0.4) is 0 Å². The molecule has 0 aliphatic carbocycles. The van der Waals surface area contributed by atoms with Crippen molar-refractivity contribution >= 4 is 11.7 Å². The highest BCUT2D eigenvalue weighted by atomic mass is 16.5. The van der Waals surface area contributed by atoms with Crippen LogP contribution < -0.4 is 10.1 Å². The number of carbonyl (C=O) groups is 1. The van der Waals surface area contributed by atoms with E-state index in [-0.39, 0.29) is 11.9 Å². The zero-order chi connectivity index (χ0) is 16.5. The molecule has 2 aromatic heterocycles. The first-order chi connectivity index (χ1) is 11.7. The normalized spacial score (nSPS) is 22.5. The fourth-order valence-electron chi connectivity index (χ4n) is 3.19. The zero-order valence-corrected chi connectivity index (χ0v) is 13.5. The number of nitrogens with one attached hydrogen (secondary N) is 1. The van der Waals surface area contributed by atoms with Crippen molar-refractivity contribution in [1.82, 2.24) is 19.9 Å². The molecule has 0 aromatic carbocycles. The number of fused-ring (bicyclic) bond motifs is 1. The largest absolute Gasteiger partial charge is 0.488 e. The number of ether oxygens (including phenoxy) is 1. The number of pyridine rings is 1. The number of rotatable bonds is 2. The molecule has 1 amide bonds. The number of nitrogens with zero attached hydrogens (tertiary/aromatic N) is 4. The van der Waals surface area contributed by atoms with Gasteiger partial charge in [-0.15, -0.1) is 0 Å². The molecule has 2 aliphatic rings. The van der Waals surface area contributed by atoms with Crippen LogP contribution in [0.1, 0.15) is 35.2 Å². The first-order valence-electron chi connectivity index (χ1n) is 8.14. The molecule has 24 heavy (non-hydrogen) atoms. The van der Waals surface area contributed by atoms with Crippen molar-refractivity contribution in [3.8, 4) is 5.75 Å². The van der Waals surface area contributed by atoms with Gasteiger partial charge >= 0.3 is 0 Å². The molecule has 4 heterocycles. The highest BCUT2D eigenvalue weighted by Gasteiger charge is 2.29. The Hall–Kier alpha value is -2.70. The van der Waals surface area contributed by atoms with E-state index >= 15 is 0 Å². The highest BCUT2D eigenvalue weighted by Crippen LogP contribution is 2.30. The van der Waals surface area contributed by atoms with Crippen molar-refractivity contribution in [1.29, 1.82) is 0 Å². The third kappa shape index (κ3) is 2.77. The average Bonchev–Trinajstić information content (AvgIpc) is 3.11. The summed E-state index contributed by atoms with van der Waals surface area (Å²) in [6, 6.07) is 2.00. The summed E-state index contributed by atoms with van der Waals surface area (Å²) in [5.41, 5.74) is 1.65. The summed E-state index contributed by atoms with van der Waals surface area (Å²) in [6.07, 6.45) is 7.72. The number of hydrogen-bond acceptors (Lipinski definition) is 6. The fraction of sp³-hybridized carbons (Fsp3) is 0.412. The van der Waals surface area contributed by atoms with Crippen molar-refractivity contribution in [2.75, 3.05) is 25.0 Å². The van der Waals surface area contributed by atoms with Crippen LogP contribution in [0, 0.1) is 0 Å². The Bertz CT molecular complexity index is 752. The number of amides is 1. The van der Waals surface area contributed by atoms with Crippen LogP contribution in [0.2, 0.25) is 0 Å². The van der Waals surface area contributed by atoms with Gasteiger partial charge in [-0.2, -0.15) is 0 Å². The fourth-order valence-corrected chi connectivity index (χ4v) is 3.19. The molecule has 1 fully saturated rings. The van der Waals surface area contributed by atoms with Crippen LogP contribution in [0.5, 0.6) is 5.75 Å². The Labute approximate surface area is 140 Å². The minimum absolute atomic E-state index is 0.00753. The monoisotopic (exact) mass is 325 g/mol. The molecule has 0 radical (unpaired) electrons. The molecular formula is C17H19N5O2. The minimum Gasteiger partial charge on any atom is -0.488 e. The molecular weight excluding hydrogens is 306 g/mol. The Morgan fingerprint density at radius 2 is 2.17 bits per heavy atom. The number of anilines is 1. The van der Waals surface area contributed by atoms with Gasteiger partial charge < -0.3 is 15.0 Å². The van der Waals surface area contributed by atoms with Crippen molar-refractivity contribution in [2.45, 2.75) is 25.3 Å². The second-order valence-electron chi connectivity index (χ2n) is 6.34. The van der Waals surface area contributed by atoms with Gasteiger partial charge in [0.15, 0.2) is 11.6 Å². The summed E-state index contributed by atoms with van der Waals surface area (Å²) in [5.74, 6) is 1.63. The van der Waals surface area contributed by atoms with E-state index in [2.05, 4.69) is 20.3 Å².